The Kier molecular flexibility index (Phi) is 7.37. The van der Waals surface area contributed by atoms with E-state index in [9.17, 15) is 14.4 Å². The Morgan fingerprint density at radius 3 is 2.60 bits per heavy atom. The predicted molar refractivity (Wildman–Crippen MR) is 110 cm³/mol. The van der Waals surface area contributed by atoms with Crippen LogP contribution in [-0.2, 0) is 9.59 Å². The molecule has 0 radical (unpaired) electrons. The van der Waals surface area contributed by atoms with Gasteiger partial charge in [-0.05, 0) is 42.7 Å². The Hall–Kier alpha value is -3.42. The molecule has 3 rings (SSSR count). The van der Waals surface area contributed by atoms with Crippen LogP contribution in [0.4, 0.5) is 0 Å². The molecule has 1 aliphatic rings. The van der Waals surface area contributed by atoms with E-state index in [2.05, 4.69) is 22.2 Å². The lowest BCUT2D eigenvalue weighted by molar-refractivity contribution is -0.139. The molecule has 2 heterocycles. The Balaban J connectivity index is 1.77. The molecule has 8 heteroatoms. The molecule has 0 aromatic carbocycles. The molecule has 0 aliphatic heterocycles. The highest BCUT2D eigenvalue weighted by Gasteiger charge is 2.32. The molecule has 3 amide bonds. The maximum absolute atomic E-state index is 13.2. The molecular formula is C22H26N4O4. The van der Waals surface area contributed by atoms with E-state index < -0.39 is 17.9 Å². The van der Waals surface area contributed by atoms with E-state index in [1.54, 1.807) is 36.7 Å². The van der Waals surface area contributed by atoms with Crippen molar-refractivity contribution in [3.8, 4) is 0 Å². The SMILES string of the molecule is C=CCN(C(=O)CNC(=O)c1ccco1)[C@@H](C(=O)NC1CCCC1)c1ccncc1. The number of furan rings is 1. The van der Waals surface area contributed by atoms with Crippen LogP contribution in [0.3, 0.4) is 0 Å². The highest BCUT2D eigenvalue weighted by Crippen LogP contribution is 2.24. The van der Waals surface area contributed by atoms with Gasteiger partial charge in [-0.3, -0.25) is 19.4 Å². The number of nitrogens with one attached hydrogen (secondary N) is 2. The van der Waals surface area contributed by atoms with Gasteiger partial charge in [0, 0.05) is 25.0 Å². The van der Waals surface area contributed by atoms with Gasteiger partial charge in [0.1, 0.15) is 6.04 Å². The number of amides is 3. The van der Waals surface area contributed by atoms with Gasteiger partial charge in [-0.15, -0.1) is 6.58 Å². The van der Waals surface area contributed by atoms with Crippen LogP contribution in [0.25, 0.3) is 0 Å². The van der Waals surface area contributed by atoms with Crippen LogP contribution in [0, 0.1) is 0 Å². The highest BCUT2D eigenvalue weighted by molar-refractivity contribution is 5.95. The van der Waals surface area contributed by atoms with Crippen molar-refractivity contribution < 1.29 is 18.8 Å². The largest absolute Gasteiger partial charge is 0.459 e. The minimum atomic E-state index is -0.848. The zero-order valence-electron chi connectivity index (χ0n) is 16.8. The third-order valence-corrected chi connectivity index (χ3v) is 5.07. The van der Waals surface area contributed by atoms with Gasteiger partial charge in [-0.25, -0.2) is 0 Å². The maximum Gasteiger partial charge on any atom is 0.287 e. The van der Waals surface area contributed by atoms with Crippen molar-refractivity contribution in [2.45, 2.75) is 37.8 Å². The molecule has 2 aromatic heterocycles. The average molecular weight is 410 g/mol. The van der Waals surface area contributed by atoms with E-state index in [4.69, 9.17) is 4.42 Å². The molecule has 0 saturated heterocycles. The number of carbonyl (C=O) groups is 3. The van der Waals surface area contributed by atoms with Gasteiger partial charge in [0.15, 0.2) is 5.76 Å². The number of nitrogens with zero attached hydrogens (tertiary/aromatic N) is 2. The normalized spacial score (nSPS) is 14.7. The van der Waals surface area contributed by atoms with Crippen LogP contribution in [0.2, 0.25) is 0 Å². The van der Waals surface area contributed by atoms with E-state index in [1.807, 2.05) is 0 Å². The fourth-order valence-corrected chi connectivity index (χ4v) is 3.61. The highest BCUT2D eigenvalue weighted by atomic mass is 16.3. The Morgan fingerprint density at radius 1 is 1.23 bits per heavy atom. The van der Waals surface area contributed by atoms with Gasteiger partial charge in [-0.1, -0.05) is 18.9 Å². The van der Waals surface area contributed by atoms with Gasteiger partial charge in [0.05, 0.1) is 12.8 Å². The fourth-order valence-electron chi connectivity index (χ4n) is 3.61. The number of rotatable bonds is 9. The van der Waals surface area contributed by atoms with Gasteiger partial charge >= 0.3 is 0 Å². The average Bonchev–Trinajstić information content (AvgIpc) is 3.46. The third-order valence-electron chi connectivity index (χ3n) is 5.07. The summed E-state index contributed by atoms with van der Waals surface area (Å²) in [5.74, 6) is -1.04. The van der Waals surface area contributed by atoms with E-state index in [1.165, 1.54) is 17.2 Å². The molecule has 1 atom stereocenters. The molecular weight excluding hydrogens is 384 g/mol. The number of hydrogen-bond donors (Lipinski definition) is 2. The third kappa shape index (κ3) is 5.34. The zero-order valence-corrected chi connectivity index (χ0v) is 16.8. The first kappa shape index (κ1) is 21.3. The van der Waals surface area contributed by atoms with Gasteiger partial charge in [-0.2, -0.15) is 0 Å². The molecule has 8 nitrogen and oxygen atoms in total. The van der Waals surface area contributed by atoms with Crippen molar-refractivity contribution in [2.75, 3.05) is 13.1 Å². The molecule has 0 spiro atoms. The van der Waals surface area contributed by atoms with Crippen LogP contribution >= 0.6 is 0 Å². The molecule has 1 fully saturated rings. The first-order valence-corrected chi connectivity index (χ1v) is 10.0. The first-order valence-electron chi connectivity index (χ1n) is 10.0. The minimum absolute atomic E-state index is 0.112. The summed E-state index contributed by atoms with van der Waals surface area (Å²) in [5.41, 5.74) is 0.646. The summed E-state index contributed by atoms with van der Waals surface area (Å²) in [6, 6.07) is 5.79. The van der Waals surface area contributed by atoms with Crippen molar-refractivity contribution >= 4 is 17.7 Å². The van der Waals surface area contributed by atoms with Gasteiger partial charge in [0.25, 0.3) is 5.91 Å². The van der Waals surface area contributed by atoms with E-state index >= 15 is 0 Å². The summed E-state index contributed by atoms with van der Waals surface area (Å²) in [6.45, 7) is 3.60. The number of aromatic nitrogens is 1. The predicted octanol–water partition coefficient (Wildman–Crippen LogP) is 2.22. The summed E-state index contributed by atoms with van der Waals surface area (Å²) in [4.78, 5) is 43.7. The molecule has 1 saturated carbocycles. The van der Waals surface area contributed by atoms with Crippen LogP contribution in [0.15, 0.2) is 60.0 Å². The monoisotopic (exact) mass is 410 g/mol. The van der Waals surface area contributed by atoms with Crippen LogP contribution in [-0.4, -0.2) is 46.7 Å². The van der Waals surface area contributed by atoms with Crippen molar-refractivity contribution in [3.63, 3.8) is 0 Å². The Labute approximate surface area is 175 Å². The maximum atomic E-state index is 13.2. The second-order valence-corrected chi connectivity index (χ2v) is 7.17. The van der Waals surface area contributed by atoms with Crippen molar-refractivity contribution in [2.24, 2.45) is 0 Å². The second kappa shape index (κ2) is 10.4. The molecule has 0 unspecified atom stereocenters. The topological polar surface area (TPSA) is 105 Å². The lowest BCUT2D eigenvalue weighted by Crippen LogP contribution is -2.48. The number of hydrogen-bond acceptors (Lipinski definition) is 5. The molecule has 2 aromatic rings. The van der Waals surface area contributed by atoms with Crippen molar-refractivity contribution in [3.05, 3.63) is 66.9 Å². The molecule has 158 valence electrons. The molecule has 2 N–H and O–H groups in total. The molecule has 1 aliphatic carbocycles. The summed E-state index contributed by atoms with van der Waals surface area (Å²) in [7, 11) is 0. The summed E-state index contributed by atoms with van der Waals surface area (Å²) >= 11 is 0. The van der Waals surface area contributed by atoms with E-state index in [0.717, 1.165) is 25.7 Å². The standard InChI is InChI=1S/C22H26N4O4/c1-2-13-26(19(27)15-24-21(28)18-8-5-14-30-18)20(16-9-11-23-12-10-16)22(29)25-17-6-3-4-7-17/h2,5,8-12,14,17,20H,1,3-4,6-7,13,15H2,(H,24,28)(H,25,29)/t20-/m1/s1. The molecule has 0 bridgehead atoms. The zero-order chi connectivity index (χ0) is 21.3. The number of carbonyl (C=O) groups excluding carboxylic acids is 3. The summed E-state index contributed by atoms with van der Waals surface area (Å²) in [6.07, 6.45) is 10.1. The summed E-state index contributed by atoms with van der Waals surface area (Å²) < 4.78 is 5.04. The van der Waals surface area contributed by atoms with Gasteiger partial charge < -0.3 is 20.0 Å². The first-order chi connectivity index (χ1) is 14.6. The van der Waals surface area contributed by atoms with Crippen LogP contribution in [0.5, 0.6) is 0 Å². The van der Waals surface area contributed by atoms with E-state index in [0.29, 0.717) is 5.56 Å². The minimum Gasteiger partial charge on any atom is -0.459 e. The van der Waals surface area contributed by atoms with Gasteiger partial charge in [0.2, 0.25) is 11.8 Å². The quantitative estimate of drug-likeness (QED) is 0.617. The second-order valence-electron chi connectivity index (χ2n) is 7.17. The summed E-state index contributed by atoms with van der Waals surface area (Å²) in [5, 5.41) is 5.61. The smallest absolute Gasteiger partial charge is 0.287 e. The Morgan fingerprint density at radius 2 is 1.97 bits per heavy atom. The number of pyridine rings is 1. The fraction of sp³-hybridized carbons (Fsp3) is 0.364. The molecule has 30 heavy (non-hydrogen) atoms. The van der Waals surface area contributed by atoms with Crippen LogP contribution in [0.1, 0.15) is 47.8 Å². The lowest BCUT2D eigenvalue weighted by atomic mass is 10.0. The van der Waals surface area contributed by atoms with Crippen molar-refractivity contribution in [1.82, 2.24) is 20.5 Å². The van der Waals surface area contributed by atoms with E-state index in [-0.39, 0.29) is 30.8 Å². The van der Waals surface area contributed by atoms with Crippen LogP contribution < -0.4 is 10.6 Å². The lowest BCUT2D eigenvalue weighted by Gasteiger charge is -2.31. The van der Waals surface area contributed by atoms with Crippen molar-refractivity contribution in [1.29, 1.82) is 0 Å². The Bertz CT molecular complexity index is 861.